The minimum atomic E-state index is -0.174. The maximum Gasteiger partial charge on any atom is 0.289 e. The van der Waals surface area contributed by atoms with E-state index in [1.807, 2.05) is 11.8 Å². The van der Waals surface area contributed by atoms with Crippen molar-refractivity contribution in [2.24, 2.45) is 15.9 Å². The minimum Gasteiger partial charge on any atom is -0.459 e. The Bertz CT molecular complexity index is 716. The van der Waals surface area contributed by atoms with Crippen LogP contribution in [-0.4, -0.2) is 59.5 Å². The van der Waals surface area contributed by atoms with E-state index in [2.05, 4.69) is 16.9 Å². The van der Waals surface area contributed by atoms with Crippen molar-refractivity contribution in [2.45, 2.75) is 46.0 Å². The third-order valence-corrected chi connectivity index (χ3v) is 5.22. The molecule has 2 aliphatic heterocycles. The number of furan rings is 1. The number of aliphatic imine (C=N–C) groups is 2. The van der Waals surface area contributed by atoms with E-state index < -0.39 is 0 Å². The van der Waals surface area contributed by atoms with E-state index in [0.29, 0.717) is 37.9 Å². The van der Waals surface area contributed by atoms with Gasteiger partial charge in [-0.3, -0.25) is 9.59 Å². The summed E-state index contributed by atoms with van der Waals surface area (Å²) in [6.07, 6.45) is 6.90. The Labute approximate surface area is 160 Å². The minimum absolute atomic E-state index is 0.0805. The van der Waals surface area contributed by atoms with Gasteiger partial charge in [0.2, 0.25) is 5.96 Å². The smallest absolute Gasteiger partial charge is 0.289 e. The molecular weight excluding hydrogens is 344 g/mol. The van der Waals surface area contributed by atoms with Gasteiger partial charge in [-0.05, 0) is 25.5 Å². The molecule has 1 fully saturated rings. The third kappa shape index (κ3) is 4.64. The summed E-state index contributed by atoms with van der Waals surface area (Å²) in [7, 11) is 0. The highest BCUT2D eigenvalue weighted by Gasteiger charge is 2.30. The largest absolute Gasteiger partial charge is 0.459 e. The van der Waals surface area contributed by atoms with Crippen molar-refractivity contribution in [1.82, 2.24) is 9.80 Å². The molecule has 27 heavy (non-hydrogen) atoms. The van der Waals surface area contributed by atoms with E-state index in [1.165, 1.54) is 19.1 Å². The van der Waals surface area contributed by atoms with Gasteiger partial charge in [0, 0.05) is 31.9 Å². The number of carbonyl (C=O) groups is 2. The molecule has 0 N–H and O–H groups in total. The van der Waals surface area contributed by atoms with Crippen molar-refractivity contribution in [3.8, 4) is 0 Å². The Kier molecular flexibility index (Phi) is 6.42. The van der Waals surface area contributed by atoms with Crippen LogP contribution in [0.2, 0.25) is 0 Å². The molecule has 0 radical (unpaired) electrons. The van der Waals surface area contributed by atoms with E-state index in [1.54, 1.807) is 17.0 Å². The lowest BCUT2D eigenvalue weighted by Crippen LogP contribution is -2.51. The summed E-state index contributed by atoms with van der Waals surface area (Å²) >= 11 is 0. The van der Waals surface area contributed by atoms with Crippen molar-refractivity contribution in [3.63, 3.8) is 0 Å². The van der Waals surface area contributed by atoms with Crippen LogP contribution < -0.4 is 0 Å². The average molecular weight is 372 g/mol. The molecule has 0 saturated carbocycles. The molecule has 1 saturated heterocycles. The molecule has 1 aromatic rings. The van der Waals surface area contributed by atoms with Crippen molar-refractivity contribution in [3.05, 3.63) is 24.2 Å². The zero-order valence-electron chi connectivity index (χ0n) is 16.2. The predicted octanol–water partition coefficient (Wildman–Crippen LogP) is 2.98. The zero-order chi connectivity index (χ0) is 19.2. The number of carbonyl (C=O) groups excluding carboxylic acids is 2. The number of hydrogen-bond donors (Lipinski definition) is 0. The maximum absolute atomic E-state index is 12.5. The lowest BCUT2D eigenvalue weighted by Gasteiger charge is -2.35. The van der Waals surface area contributed by atoms with Gasteiger partial charge >= 0.3 is 0 Å². The van der Waals surface area contributed by atoms with Crippen LogP contribution in [-0.2, 0) is 4.79 Å². The summed E-state index contributed by atoms with van der Waals surface area (Å²) in [5.74, 6) is 0.490. The van der Waals surface area contributed by atoms with E-state index >= 15 is 0 Å². The number of hydrogen-bond acceptors (Lipinski definition) is 5. The summed E-state index contributed by atoms with van der Waals surface area (Å²) in [6.45, 7) is 6.43. The molecule has 1 aromatic heterocycles. The van der Waals surface area contributed by atoms with Crippen LogP contribution in [0.15, 0.2) is 32.8 Å². The molecule has 0 spiro atoms. The molecule has 2 amide bonds. The molecule has 2 aliphatic rings. The molecule has 1 atom stereocenters. The van der Waals surface area contributed by atoms with Gasteiger partial charge in [-0.25, -0.2) is 4.99 Å². The van der Waals surface area contributed by atoms with E-state index in [-0.39, 0.29) is 17.7 Å². The van der Waals surface area contributed by atoms with Gasteiger partial charge in [0.25, 0.3) is 11.8 Å². The summed E-state index contributed by atoms with van der Waals surface area (Å²) in [5, 5.41) is 0. The Morgan fingerprint density at radius 2 is 1.96 bits per heavy atom. The van der Waals surface area contributed by atoms with Crippen LogP contribution in [0.5, 0.6) is 0 Å². The second-order valence-corrected chi connectivity index (χ2v) is 7.16. The van der Waals surface area contributed by atoms with Crippen LogP contribution in [0.4, 0.5) is 0 Å². The summed E-state index contributed by atoms with van der Waals surface area (Å²) in [5.41, 5.74) is 0.857. The molecule has 3 rings (SSSR count). The van der Waals surface area contributed by atoms with Crippen LogP contribution in [0, 0.1) is 5.92 Å². The highest BCUT2D eigenvalue weighted by Crippen LogP contribution is 2.20. The predicted molar refractivity (Wildman–Crippen MR) is 104 cm³/mol. The maximum atomic E-state index is 12.5. The average Bonchev–Trinajstić information content (AvgIpc) is 3.21. The first kappa shape index (κ1) is 19.3. The third-order valence-electron chi connectivity index (χ3n) is 5.22. The zero-order valence-corrected chi connectivity index (χ0v) is 16.2. The summed E-state index contributed by atoms with van der Waals surface area (Å²) < 4.78 is 5.18. The van der Waals surface area contributed by atoms with Crippen LogP contribution in [0.1, 0.15) is 56.5 Å². The molecule has 0 aromatic carbocycles. The number of guanidine groups is 1. The van der Waals surface area contributed by atoms with Crippen molar-refractivity contribution in [1.29, 1.82) is 0 Å². The van der Waals surface area contributed by atoms with Gasteiger partial charge in [-0.2, -0.15) is 4.99 Å². The summed E-state index contributed by atoms with van der Waals surface area (Å²) in [4.78, 5) is 37.4. The normalized spacial score (nSPS) is 20.5. The standard InChI is InChI=1S/C20H28N4O3/c1-3-4-5-6-8-16-15(2)21-20(22-18(16)25)24-12-10-23(11-13-24)19(26)17-9-7-14-27-17/h7,9,14,16H,3-6,8,10-13H2,1-2H3. The van der Waals surface area contributed by atoms with Gasteiger partial charge in [0.05, 0.1) is 12.2 Å². The van der Waals surface area contributed by atoms with E-state index in [4.69, 9.17) is 4.42 Å². The first-order valence-corrected chi connectivity index (χ1v) is 9.85. The fourth-order valence-corrected chi connectivity index (χ4v) is 3.53. The lowest BCUT2D eigenvalue weighted by atomic mass is 9.95. The number of nitrogens with zero attached hydrogens (tertiary/aromatic N) is 4. The lowest BCUT2D eigenvalue weighted by molar-refractivity contribution is -0.120. The number of unbranched alkanes of at least 4 members (excludes halogenated alkanes) is 3. The molecule has 1 unspecified atom stereocenters. The first-order valence-electron chi connectivity index (χ1n) is 9.85. The van der Waals surface area contributed by atoms with Gasteiger partial charge in [-0.1, -0.05) is 32.6 Å². The fraction of sp³-hybridized carbons (Fsp3) is 0.600. The van der Waals surface area contributed by atoms with E-state index in [0.717, 1.165) is 25.0 Å². The topological polar surface area (TPSA) is 78.5 Å². The Morgan fingerprint density at radius 3 is 2.59 bits per heavy atom. The highest BCUT2D eigenvalue weighted by atomic mass is 16.3. The molecular formula is C20H28N4O3. The fourth-order valence-electron chi connectivity index (χ4n) is 3.53. The molecule has 3 heterocycles. The Hall–Kier alpha value is -2.44. The SMILES string of the molecule is CCCCCCC1C(=O)N=C(N2CCN(C(=O)c3ccco3)CC2)N=C1C. The Morgan fingerprint density at radius 1 is 1.19 bits per heavy atom. The quantitative estimate of drug-likeness (QED) is 0.719. The second-order valence-electron chi connectivity index (χ2n) is 7.16. The van der Waals surface area contributed by atoms with Gasteiger partial charge in [0.15, 0.2) is 5.76 Å². The molecule has 146 valence electrons. The summed E-state index contributed by atoms with van der Waals surface area (Å²) in [6, 6.07) is 3.38. The number of piperazine rings is 1. The molecule has 0 aliphatic carbocycles. The second kappa shape index (κ2) is 8.97. The monoisotopic (exact) mass is 372 g/mol. The van der Waals surface area contributed by atoms with E-state index in [9.17, 15) is 9.59 Å². The van der Waals surface area contributed by atoms with Gasteiger partial charge in [0.1, 0.15) is 0 Å². The van der Waals surface area contributed by atoms with Crippen LogP contribution in [0.3, 0.4) is 0 Å². The van der Waals surface area contributed by atoms with Gasteiger partial charge < -0.3 is 14.2 Å². The van der Waals surface area contributed by atoms with Crippen LogP contribution in [0.25, 0.3) is 0 Å². The molecule has 7 nitrogen and oxygen atoms in total. The Balaban J connectivity index is 1.54. The molecule has 7 heteroatoms. The number of rotatable bonds is 6. The highest BCUT2D eigenvalue weighted by molar-refractivity contribution is 6.14. The number of amides is 2. The van der Waals surface area contributed by atoms with Crippen molar-refractivity contribution >= 4 is 23.5 Å². The van der Waals surface area contributed by atoms with Crippen molar-refractivity contribution in [2.75, 3.05) is 26.2 Å². The molecule has 0 bridgehead atoms. The van der Waals surface area contributed by atoms with Crippen molar-refractivity contribution < 1.29 is 14.0 Å². The van der Waals surface area contributed by atoms with Crippen LogP contribution >= 0.6 is 0 Å². The van der Waals surface area contributed by atoms with Gasteiger partial charge in [-0.15, -0.1) is 0 Å². The first-order chi connectivity index (χ1) is 13.1.